The van der Waals surface area contributed by atoms with Gasteiger partial charge in [-0.15, -0.1) is 0 Å². The van der Waals surface area contributed by atoms with E-state index in [0.29, 0.717) is 5.75 Å². The van der Waals surface area contributed by atoms with Crippen LogP contribution < -0.4 is 4.74 Å². The Morgan fingerprint density at radius 3 is 1.88 bits per heavy atom. The topological polar surface area (TPSA) is 66.9 Å². The number of hydrogen-bond donors (Lipinski definition) is 0. The third kappa shape index (κ3) is 5.24. The number of piperazine rings is 1. The minimum absolute atomic E-state index is 0.110. The van der Waals surface area contributed by atoms with Crippen molar-refractivity contribution < 1.29 is 44.3 Å². The fourth-order valence-electron chi connectivity index (χ4n) is 3.35. The highest BCUT2D eigenvalue weighted by molar-refractivity contribution is 7.89. The van der Waals surface area contributed by atoms with Crippen LogP contribution in [0.15, 0.2) is 47.4 Å². The van der Waals surface area contributed by atoms with Gasteiger partial charge in [0.2, 0.25) is 10.0 Å². The number of amides is 1. The number of halogens is 6. The molecular weight excluding hydrogens is 478 g/mol. The van der Waals surface area contributed by atoms with E-state index in [2.05, 4.69) is 0 Å². The molecule has 0 aliphatic carbocycles. The highest BCUT2D eigenvalue weighted by atomic mass is 32.2. The predicted molar refractivity (Wildman–Crippen MR) is 104 cm³/mol. The lowest BCUT2D eigenvalue weighted by Crippen LogP contribution is -2.50. The Morgan fingerprint density at radius 1 is 0.879 bits per heavy atom. The van der Waals surface area contributed by atoms with Crippen molar-refractivity contribution in [2.75, 3.05) is 33.3 Å². The summed E-state index contributed by atoms with van der Waals surface area (Å²) in [7, 11) is -3.31. The van der Waals surface area contributed by atoms with Crippen LogP contribution in [0.3, 0.4) is 0 Å². The summed E-state index contributed by atoms with van der Waals surface area (Å²) in [6.07, 6.45) is -10.4. The molecule has 1 amide bonds. The first-order valence-electron chi connectivity index (χ1n) is 9.47. The number of carbonyl (C=O) groups is 1. The number of ether oxygens (including phenoxy) is 1. The van der Waals surface area contributed by atoms with Gasteiger partial charge in [0.1, 0.15) is 5.75 Å². The van der Waals surface area contributed by atoms with Crippen molar-refractivity contribution in [1.82, 2.24) is 9.21 Å². The molecule has 3 rings (SSSR count). The van der Waals surface area contributed by atoms with Crippen LogP contribution in [0.5, 0.6) is 5.75 Å². The van der Waals surface area contributed by atoms with Gasteiger partial charge in [-0.05, 0) is 30.3 Å². The zero-order chi connectivity index (χ0) is 24.6. The summed E-state index contributed by atoms with van der Waals surface area (Å²) in [5, 5.41) is 0. The van der Waals surface area contributed by atoms with Crippen LogP contribution in [0.25, 0.3) is 0 Å². The van der Waals surface area contributed by atoms with E-state index in [1.54, 1.807) is 18.2 Å². The second kappa shape index (κ2) is 8.86. The standard InChI is InChI=1S/C20H18F6N2O4S/c1-32-17-5-3-2-4-16(17)18(29)27-6-8-28(9-7-27)33(30,31)15-11-13(19(21,22)23)10-14(12-15)20(24,25)26/h2-5,10-12H,6-9H2,1H3. The summed E-state index contributed by atoms with van der Waals surface area (Å²) in [5.74, 6) is -0.135. The van der Waals surface area contributed by atoms with Gasteiger partial charge >= 0.3 is 12.4 Å². The lowest BCUT2D eigenvalue weighted by molar-refractivity contribution is -0.143. The van der Waals surface area contributed by atoms with Gasteiger partial charge < -0.3 is 9.64 Å². The summed E-state index contributed by atoms with van der Waals surface area (Å²) in [6.45, 7) is -0.829. The zero-order valence-corrected chi connectivity index (χ0v) is 17.9. The number of benzene rings is 2. The van der Waals surface area contributed by atoms with Crippen LogP contribution in [0.2, 0.25) is 0 Å². The number of methoxy groups -OCH3 is 1. The average molecular weight is 496 g/mol. The van der Waals surface area contributed by atoms with Gasteiger partial charge in [0, 0.05) is 26.2 Å². The molecule has 1 aliphatic rings. The molecule has 1 aliphatic heterocycles. The van der Waals surface area contributed by atoms with Gasteiger partial charge in [0.15, 0.2) is 0 Å². The van der Waals surface area contributed by atoms with E-state index in [4.69, 9.17) is 4.74 Å². The molecule has 0 spiro atoms. The van der Waals surface area contributed by atoms with Gasteiger partial charge in [-0.2, -0.15) is 30.6 Å². The normalized spacial score (nSPS) is 16.0. The highest BCUT2D eigenvalue weighted by Crippen LogP contribution is 2.38. The van der Waals surface area contributed by atoms with E-state index in [1.807, 2.05) is 0 Å². The largest absolute Gasteiger partial charge is 0.496 e. The van der Waals surface area contributed by atoms with Crippen molar-refractivity contribution in [1.29, 1.82) is 0 Å². The highest BCUT2D eigenvalue weighted by Gasteiger charge is 2.40. The van der Waals surface area contributed by atoms with Gasteiger partial charge in [0.25, 0.3) is 5.91 Å². The molecule has 1 heterocycles. The van der Waals surface area contributed by atoms with Crippen LogP contribution in [-0.2, 0) is 22.4 Å². The number of alkyl halides is 6. The Morgan fingerprint density at radius 2 is 1.39 bits per heavy atom. The van der Waals surface area contributed by atoms with Gasteiger partial charge in [-0.3, -0.25) is 4.79 Å². The van der Waals surface area contributed by atoms with Crippen molar-refractivity contribution in [3.8, 4) is 5.75 Å². The third-order valence-corrected chi connectivity index (χ3v) is 6.94. The molecule has 180 valence electrons. The summed E-state index contributed by atoms with van der Waals surface area (Å²) in [4.78, 5) is 13.0. The maximum atomic E-state index is 13.1. The fraction of sp³-hybridized carbons (Fsp3) is 0.350. The predicted octanol–water partition coefficient (Wildman–Crippen LogP) is 3.88. The molecule has 0 aromatic heterocycles. The van der Waals surface area contributed by atoms with Gasteiger partial charge in [-0.1, -0.05) is 12.1 Å². The van der Waals surface area contributed by atoms with E-state index >= 15 is 0 Å². The Bertz CT molecular complexity index is 1110. The summed E-state index contributed by atoms with van der Waals surface area (Å²) >= 11 is 0. The lowest BCUT2D eigenvalue weighted by atomic mass is 10.1. The van der Waals surface area contributed by atoms with E-state index in [0.717, 1.165) is 4.31 Å². The van der Waals surface area contributed by atoms with E-state index in [-0.39, 0.29) is 49.9 Å². The minimum Gasteiger partial charge on any atom is -0.496 e. The van der Waals surface area contributed by atoms with Crippen LogP contribution in [0.1, 0.15) is 21.5 Å². The number of rotatable bonds is 4. The van der Waals surface area contributed by atoms with Gasteiger partial charge in [0.05, 0.1) is 28.7 Å². The molecule has 1 fully saturated rings. The molecule has 33 heavy (non-hydrogen) atoms. The molecule has 6 nitrogen and oxygen atoms in total. The number of hydrogen-bond acceptors (Lipinski definition) is 4. The SMILES string of the molecule is COc1ccccc1C(=O)N1CCN(S(=O)(=O)c2cc(C(F)(F)F)cc(C(F)(F)F)c2)CC1. The Kier molecular flexibility index (Phi) is 6.67. The molecule has 2 aromatic rings. The van der Waals surface area contributed by atoms with Crippen molar-refractivity contribution in [2.24, 2.45) is 0 Å². The Hall–Kier alpha value is -2.80. The maximum Gasteiger partial charge on any atom is 0.416 e. The van der Waals surface area contributed by atoms with E-state index in [1.165, 1.54) is 18.1 Å². The molecule has 0 atom stereocenters. The molecule has 1 saturated heterocycles. The quantitative estimate of drug-likeness (QED) is 0.603. The smallest absolute Gasteiger partial charge is 0.416 e. The van der Waals surface area contributed by atoms with Crippen LogP contribution >= 0.6 is 0 Å². The van der Waals surface area contributed by atoms with Crippen molar-refractivity contribution in [2.45, 2.75) is 17.2 Å². The van der Waals surface area contributed by atoms with Crippen molar-refractivity contribution in [3.05, 3.63) is 59.2 Å². The van der Waals surface area contributed by atoms with Gasteiger partial charge in [-0.25, -0.2) is 8.42 Å². The monoisotopic (exact) mass is 496 g/mol. The summed E-state index contributed by atoms with van der Waals surface area (Å²) in [6, 6.07) is 6.58. The first kappa shape index (κ1) is 24.8. The van der Waals surface area contributed by atoms with E-state index < -0.39 is 44.3 Å². The Balaban J connectivity index is 1.85. The molecule has 13 heteroatoms. The molecule has 0 bridgehead atoms. The average Bonchev–Trinajstić information content (AvgIpc) is 2.77. The molecule has 0 radical (unpaired) electrons. The first-order chi connectivity index (χ1) is 15.2. The molecular formula is C20H18F6N2O4S. The zero-order valence-electron chi connectivity index (χ0n) is 17.1. The second-order valence-corrected chi connectivity index (χ2v) is 9.08. The molecule has 0 unspecified atom stereocenters. The first-order valence-corrected chi connectivity index (χ1v) is 10.9. The third-order valence-electron chi connectivity index (χ3n) is 5.06. The fourth-order valence-corrected chi connectivity index (χ4v) is 4.84. The van der Waals surface area contributed by atoms with Crippen LogP contribution in [-0.4, -0.2) is 56.8 Å². The summed E-state index contributed by atoms with van der Waals surface area (Å²) < 4.78 is 110. The second-order valence-electron chi connectivity index (χ2n) is 7.14. The number of carbonyl (C=O) groups excluding carboxylic acids is 1. The number of para-hydroxylation sites is 1. The van der Waals surface area contributed by atoms with Crippen molar-refractivity contribution in [3.63, 3.8) is 0 Å². The summed E-state index contributed by atoms with van der Waals surface area (Å²) in [5.41, 5.74) is -3.20. The Labute approximate surface area is 185 Å². The molecule has 0 N–H and O–H groups in total. The number of sulfonamides is 1. The van der Waals surface area contributed by atoms with Crippen LogP contribution in [0.4, 0.5) is 26.3 Å². The van der Waals surface area contributed by atoms with Crippen LogP contribution in [0, 0.1) is 0 Å². The minimum atomic E-state index is -5.18. The van der Waals surface area contributed by atoms with E-state index in [9.17, 15) is 39.6 Å². The lowest BCUT2D eigenvalue weighted by Gasteiger charge is -2.34. The number of nitrogens with zero attached hydrogens (tertiary/aromatic N) is 2. The molecule has 0 saturated carbocycles. The van der Waals surface area contributed by atoms with Crippen molar-refractivity contribution >= 4 is 15.9 Å². The molecule has 2 aromatic carbocycles. The maximum absolute atomic E-state index is 13.1.